The first kappa shape index (κ1) is 17.3. The molecule has 1 N–H and O–H groups in total. The highest BCUT2D eigenvalue weighted by molar-refractivity contribution is 6.30. The van der Waals surface area contributed by atoms with E-state index in [0.717, 1.165) is 66.9 Å². The number of rotatable bonds is 5. The van der Waals surface area contributed by atoms with E-state index in [9.17, 15) is 0 Å². The molecule has 4 rings (SSSR count). The van der Waals surface area contributed by atoms with Crippen LogP contribution in [0.3, 0.4) is 0 Å². The van der Waals surface area contributed by atoms with Gasteiger partial charge in [0, 0.05) is 43.8 Å². The van der Waals surface area contributed by atoms with E-state index in [4.69, 9.17) is 21.3 Å². The average molecular weight is 371 g/mol. The number of nitrogens with one attached hydrogen (secondary N) is 1. The van der Waals surface area contributed by atoms with Gasteiger partial charge in [-0.3, -0.25) is 9.80 Å². The highest BCUT2D eigenvalue weighted by Crippen LogP contribution is 2.20. The minimum absolute atomic E-state index is 0.808. The number of piperazine rings is 1. The molecule has 3 aromatic rings. The molecule has 0 aliphatic carbocycles. The highest BCUT2D eigenvalue weighted by Gasteiger charge is 2.18. The van der Waals surface area contributed by atoms with Gasteiger partial charge in [0.15, 0.2) is 0 Å². The quantitative estimate of drug-likeness (QED) is 0.746. The molecule has 0 spiro atoms. The first-order valence-electron chi connectivity index (χ1n) is 8.91. The maximum Gasteiger partial charge on any atom is 0.121 e. The van der Waals surface area contributed by atoms with Crippen molar-refractivity contribution in [3.8, 4) is 5.75 Å². The van der Waals surface area contributed by atoms with Crippen molar-refractivity contribution >= 4 is 22.6 Å². The molecule has 0 saturated carbocycles. The second-order valence-electron chi connectivity index (χ2n) is 6.75. The summed E-state index contributed by atoms with van der Waals surface area (Å²) in [4.78, 5) is 13.0. The van der Waals surface area contributed by atoms with Crippen LogP contribution >= 0.6 is 11.6 Å². The van der Waals surface area contributed by atoms with Gasteiger partial charge >= 0.3 is 0 Å². The SMILES string of the molecule is COc1ccc2nc(CN3CCN(Cc4cccc(Cl)c4)CC3)[nH]c2c1. The van der Waals surface area contributed by atoms with Gasteiger partial charge < -0.3 is 9.72 Å². The Hall–Kier alpha value is -2.08. The number of aromatic amines is 1. The van der Waals surface area contributed by atoms with Crippen molar-refractivity contribution in [2.45, 2.75) is 13.1 Å². The van der Waals surface area contributed by atoms with Crippen molar-refractivity contribution in [2.24, 2.45) is 0 Å². The van der Waals surface area contributed by atoms with Crippen LogP contribution in [-0.4, -0.2) is 53.1 Å². The molecule has 0 unspecified atom stereocenters. The summed E-state index contributed by atoms with van der Waals surface area (Å²) in [6, 6.07) is 14.1. The molecule has 1 aliphatic rings. The zero-order valence-corrected chi connectivity index (χ0v) is 15.7. The molecule has 136 valence electrons. The molecule has 0 amide bonds. The van der Waals surface area contributed by atoms with Crippen LogP contribution in [-0.2, 0) is 13.1 Å². The van der Waals surface area contributed by atoms with Crippen LogP contribution in [0, 0.1) is 0 Å². The lowest BCUT2D eigenvalue weighted by molar-refractivity contribution is 0.120. The average Bonchev–Trinajstić information content (AvgIpc) is 3.04. The Morgan fingerprint density at radius 2 is 1.81 bits per heavy atom. The molecule has 1 aliphatic heterocycles. The minimum Gasteiger partial charge on any atom is -0.497 e. The molecule has 0 atom stereocenters. The number of nitrogens with zero attached hydrogens (tertiary/aromatic N) is 3. The molecule has 26 heavy (non-hydrogen) atoms. The molecule has 2 heterocycles. The third-order valence-corrected chi connectivity index (χ3v) is 5.11. The van der Waals surface area contributed by atoms with Crippen molar-refractivity contribution in [3.05, 3.63) is 58.9 Å². The molecule has 1 fully saturated rings. The molecule has 5 nitrogen and oxygen atoms in total. The van der Waals surface area contributed by atoms with Crippen molar-refractivity contribution in [3.63, 3.8) is 0 Å². The van der Waals surface area contributed by atoms with Crippen LogP contribution in [0.1, 0.15) is 11.4 Å². The van der Waals surface area contributed by atoms with Crippen molar-refractivity contribution in [1.29, 1.82) is 0 Å². The summed E-state index contributed by atoms with van der Waals surface area (Å²) in [6.07, 6.45) is 0. The molecule has 0 bridgehead atoms. The first-order chi connectivity index (χ1) is 12.7. The third-order valence-electron chi connectivity index (χ3n) is 4.87. The summed E-state index contributed by atoms with van der Waals surface area (Å²) in [5.41, 5.74) is 3.29. The standard InChI is InChI=1S/C20H23ClN4O/c1-26-17-5-6-18-19(12-17)23-20(22-18)14-25-9-7-24(8-10-25)13-15-3-2-4-16(21)11-15/h2-6,11-12H,7-10,13-14H2,1H3,(H,22,23). The monoisotopic (exact) mass is 370 g/mol. The summed E-state index contributed by atoms with van der Waals surface area (Å²) in [5.74, 6) is 1.86. The summed E-state index contributed by atoms with van der Waals surface area (Å²) in [5, 5.41) is 0.808. The van der Waals surface area contributed by atoms with Crippen LogP contribution in [0.25, 0.3) is 11.0 Å². The number of benzene rings is 2. The van der Waals surface area contributed by atoms with E-state index in [0.29, 0.717) is 0 Å². The number of halogens is 1. The Bertz CT molecular complexity index is 886. The minimum atomic E-state index is 0.808. The van der Waals surface area contributed by atoms with E-state index in [-0.39, 0.29) is 0 Å². The smallest absolute Gasteiger partial charge is 0.121 e. The number of hydrogen-bond acceptors (Lipinski definition) is 4. The lowest BCUT2D eigenvalue weighted by Gasteiger charge is -2.34. The second-order valence-corrected chi connectivity index (χ2v) is 7.19. The summed E-state index contributed by atoms with van der Waals surface area (Å²) in [6.45, 7) is 6.00. The Labute approximate surface area is 158 Å². The fourth-order valence-corrected chi connectivity index (χ4v) is 3.67. The number of ether oxygens (including phenoxy) is 1. The fraction of sp³-hybridized carbons (Fsp3) is 0.350. The summed E-state index contributed by atoms with van der Waals surface area (Å²) < 4.78 is 5.28. The van der Waals surface area contributed by atoms with Crippen LogP contribution < -0.4 is 4.74 Å². The number of fused-ring (bicyclic) bond motifs is 1. The Kier molecular flexibility index (Phi) is 5.11. The molecular weight excluding hydrogens is 348 g/mol. The van der Waals surface area contributed by atoms with Gasteiger partial charge in [-0.2, -0.15) is 0 Å². The predicted molar refractivity (Wildman–Crippen MR) is 105 cm³/mol. The maximum atomic E-state index is 6.08. The lowest BCUT2D eigenvalue weighted by Crippen LogP contribution is -2.45. The molecule has 2 aromatic carbocycles. The van der Waals surface area contributed by atoms with E-state index in [1.165, 1.54) is 5.56 Å². The van der Waals surface area contributed by atoms with Gasteiger partial charge in [0.05, 0.1) is 24.7 Å². The Morgan fingerprint density at radius 3 is 2.54 bits per heavy atom. The van der Waals surface area contributed by atoms with Gasteiger partial charge in [0.25, 0.3) is 0 Å². The molecular formula is C20H23ClN4O. The van der Waals surface area contributed by atoms with E-state index in [2.05, 4.69) is 26.9 Å². The maximum absolute atomic E-state index is 6.08. The fourth-order valence-electron chi connectivity index (χ4n) is 3.45. The van der Waals surface area contributed by atoms with Crippen LogP contribution in [0.15, 0.2) is 42.5 Å². The van der Waals surface area contributed by atoms with E-state index >= 15 is 0 Å². The Balaban J connectivity index is 1.33. The van der Waals surface area contributed by atoms with Gasteiger partial charge in [-0.05, 0) is 29.8 Å². The molecule has 0 radical (unpaired) electrons. The predicted octanol–water partition coefficient (Wildman–Crippen LogP) is 3.54. The van der Waals surface area contributed by atoms with E-state index < -0.39 is 0 Å². The summed E-state index contributed by atoms with van der Waals surface area (Å²) in [7, 11) is 1.68. The number of H-pyrrole nitrogens is 1. The van der Waals surface area contributed by atoms with Crippen molar-refractivity contribution in [2.75, 3.05) is 33.3 Å². The Morgan fingerprint density at radius 1 is 1.04 bits per heavy atom. The zero-order chi connectivity index (χ0) is 17.9. The molecule has 6 heteroatoms. The van der Waals surface area contributed by atoms with Crippen LogP contribution in [0.2, 0.25) is 5.02 Å². The van der Waals surface area contributed by atoms with E-state index in [1.54, 1.807) is 7.11 Å². The van der Waals surface area contributed by atoms with Gasteiger partial charge in [-0.15, -0.1) is 0 Å². The van der Waals surface area contributed by atoms with Gasteiger partial charge in [-0.25, -0.2) is 4.98 Å². The van der Waals surface area contributed by atoms with Crippen LogP contribution in [0.4, 0.5) is 0 Å². The normalized spacial score (nSPS) is 16.2. The zero-order valence-electron chi connectivity index (χ0n) is 14.9. The van der Waals surface area contributed by atoms with Gasteiger partial charge in [0.2, 0.25) is 0 Å². The molecule has 1 saturated heterocycles. The highest BCUT2D eigenvalue weighted by atomic mass is 35.5. The van der Waals surface area contributed by atoms with Gasteiger partial charge in [-0.1, -0.05) is 23.7 Å². The number of hydrogen-bond donors (Lipinski definition) is 1. The molecule has 1 aromatic heterocycles. The van der Waals surface area contributed by atoms with Gasteiger partial charge in [0.1, 0.15) is 11.6 Å². The second kappa shape index (κ2) is 7.66. The third kappa shape index (κ3) is 4.01. The lowest BCUT2D eigenvalue weighted by atomic mass is 10.2. The van der Waals surface area contributed by atoms with Crippen LogP contribution in [0.5, 0.6) is 5.75 Å². The number of methoxy groups -OCH3 is 1. The first-order valence-corrected chi connectivity index (χ1v) is 9.29. The van der Waals surface area contributed by atoms with Crippen molar-refractivity contribution in [1.82, 2.24) is 19.8 Å². The topological polar surface area (TPSA) is 44.4 Å². The van der Waals surface area contributed by atoms with Crippen molar-refractivity contribution < 1.29 is 4.74 Å². The van der Waals surface area contributed by atoms with E-state index in [1.807, 2.05) is 30.3 Å². The largest absolute Gasteiger partial charge is 0.497 e. The summed E-state index contributed by atoms with van der Waals surface area (Å²) >= 11 is 6.08. The number of aromatic nitrogens is 2. The number of imidazole rings is 1.